The highest BCUT2D eigenvalue weighted by Gasteiger charge is 2.42. The summed E-state index contributed by atoms with van der Waals surface area (Å²) in [7, 11) is 2.25. The maximum absolute atomic E-state index is 11.9. The van der Waals surface area contributed by atoms with E-state index in [1.165, 1.54) is 51.9 Å². The first-order valence-electron chi connectivity index (χ1n) is 16.9. The lowest BCUT2D eigenvalue weighted by Gasteiger charge is -2.35. The van der Waals surface area contributed by atoms with Crippen molar-refractivity contribution in [3.63, 3.8) is 0 Å². The second-order valence-electron chi connectivity index (χ2n) is 14.8. The molecule has 7 heteroatoms. The van der Waals surface area contributed by atoms with Gasteiger partial charge in [0.2, 0.25) is 5.91 Å². The molecule has 2 amide bonds. The summed E-state index contributed by atoms with van der Waals surface area (Å²) in [5.74, 6) is 5.01. The Hall–Kier alpha value is -1.60. The number of amides is 2. The SMILES string of the molecule is C=C.CC(=O)N1CC2CN(C(C)CC(C)C3CCN(C)CC3)CC2C1.CCC(C)C1CCN(C(=O)OC(C)(C)C)CC1. The number of hydrogen-bond donors (Lipinski definition) is 0. The Morgan fingerprint density at radius 1 is 0.810 bits per heavy atom. The fraction of sp³-hybridized carbons (Fsp3) is 0.886. The topological polar surface area (TPSA) is 56.3 Å². The molecule has 42 heavy (non-hydrogen) atoms. The number of rotatable bonds is 6. The molecular formula is C35H66N4O3. The number of piperidine rings is 2. The van der Waals surface area contributed by atoms with Gasteiger partial charge in [-0.1, -0.05) is 27.2 Å². The molecule has 0 bridgehead atoms. The van der Waals surface area contributed by atoms with Crippen molar-refractivity contribution in [3.05, 3.63) is 13.2 Å². The molecule has 244 valence electrons. The fourth-order valence-electron chi connectivity index (χ4n) is 7.43. The molecule has 0 radical (unpaired) electrons. The third kappa shape index (κ3) is 11.2. The number of hydrogen-bond acceptors (Lipinski definition) is 5. The molecule has 4 aliphatic heterocycles. The van der Waals surface area contributed by atoms with Crippen molar-refractivity contribution >= 4 is 12.0 Å². The molecule has 5 unspecified atom stereocenters. The zero-order valence-electron chi connectivity index (χ0n) is 28.9. The largest absolute Gasteiger partial charge is 0.444 e. The van der Waals surface area contributed by atoms with Gasteiger partial charge in [-0.15, -0.1) is 13.2 Å². The van der Waals surface area contributed by atoms with Crippen molar-refractivity contribution in [2.24, 2.45) is 35.5 Å². The molecule has 4 aliphatic rings. The quantitative estimate of drug-likeness (QED) is 0.325. The first-order chi connectivity index (χ1) is 19.8. The zero-order chi connectivity index (χ0) is 31.6. The van der Waals surface area contributed by atoms with Crippen LogP contribution in [-0.4, -0.2) is 103 Å². The van der Waals surface area contributed by atoms with E-state index >= 15 is 0 Å². The Labute approximate surface area is 259 Å². The smallest absolute Gasteiger partial charge is 0.410 e. The van der Waals surface area contributed by atoms with Gasteiger partial charge in [0.1, 0.15) is 5.60 Å². The number of nitrogens with zero attached hydrogens (tertiary/aromatic N) is 4. The molecule has 0 N–H and O–H groups in total. The molecule has 5 atom stereocenters. The van der Waals surface area contributed by atoms with Gasteiger partial charge in [-0.2, -0.15) is 0 Å². The number of fused-ring (bicyclic) bond motifs is 1. The van der Waals surface area contributed by atoms with Gasteiger partial charge in [0.05, 0.1) is 0 Å². The molecule has 0 spiro atoms. The van der Waals surface area contributed by atoms with Crippen LogP contribution in [0, 0.1) is 35.5 Å². The van der Waals surface area contributed by atoms with Crippen LogP contribution in [0.15, 0.2) is 13.2 Å². The maximum atomic E-state index is 11.9. The predicted octanol–water partition coefficient (Wildman–Crippen LogP) is 6.63. The van der Waals surface area contributed by atoms with Crippen molar-refractivity contribution in [1.29, 1.82) is 0 Å². The summed E-state index contributed by atoms with van der Waals surface area (Å²) in [5.41, 5.74) is -0.384. The highest BCUT2D eigenvalue weighted by Crippen LogP contribution is 2.35. The average molecular weight is 591 g/mol. The van der Waals surface area contributed by atoms with Crippen molar-refractivity contribution in [2.45, 2.75) is 106 Å². The summed E-state index contributed by atoms with van der Waals surface area (Å²) in [5, 5.41) is 0. The van der Waals surface area contributed by atoms with Gasteiger partial charge in [0.15, 0.2) is 0 Å². The molecule has 0 aromatic rings. The summed E-state index contributed by atoms with van der Waals surface area (Å²) < 4.78 is 5.39. The van der Waals surface area contributed by atoms with Crippen LogP contribution in [0.4, 0.5) is 4.79 Å². The summed E-state index contributed by atoms with van der Waals surface area (Å²) in [6, 6.07) is 0.695. The van der Waals surface area contributed by atoms with Gasteiger partial charge in [-0.05, 0) is 115 Å². The zero-order valence-corrected chi connectivity index (χ0v) is 28.9. The molecule has 4 rings (SSSR count). The minimum Gasteiger partial charge on any atom is -0.444 e. The molecule has 4 saturated heterocycles. The lowest BCUT2D eigenvalue weighted by atomic mass is 9.82. The second-order valence-corrected chi connectivity index (χ2v) is 14.8. The molecular weight excluding hydrogens is 524 g/mol. The van der Waals surface area contributed by atoms with Crippen LogP contribution in [0.2, 0.25) is 0 Å². The maximum Gasteiger partial charge on any atom is 0.410 e. The highest BCUT2D eigenvalue weighted by atomic mass is 16.6. The van der Waals surface area contributed by atoms with Crippen LogP contribution < -0.4 is 0 Å². The number of carbonyl (C=O) groups is 2. The van der Waals surface area contributed by atoms with E-state index in [9.17, 15) is 9.59 Å². The van der Waals surface area contributed by atoms with E-state index in [0.717, 1.165) is 74.5 Å². The van der Waals surface area contributed by atoms with Gasteiger partial charge in [-0.3, -0.25) is 9.69 Å². The van der Waals surface area contributed by atoms with Crippen molar-refractivity contribution in [1.82, 2.24) is 19.6 Å². The van der Waals surface area contributed by atoms with Crippen LogP contribution in [0.5, 0.6) is 0 Å². The Bertz CT molecular complexity index is 800. The van der Waals surface area contributed by atoms with Crippen molar-refractivity contribution in [3.8, 4) is 0 Å². The van der Waals surface area contributed by atoms with Gasteiger partial charge < -0.3 is 19.4 Å². The molecule has 0 aromatic carbocycles. The van der Waals surface area contributed by atoms with Crippen molar-refractivity contribution in [2.75, 3.05) is 59.4 Å². The van der Waals surface area contributed by atoms with Gasteiger partial charge >= 0.3 is 6.09 Å². The van der Waals surface area contributed by atoms with Crippen LogP contribution in [0.1, 0.15) is 93.9 Å². The monoisotopic (exact) mass is 591 g/mol. The van der Waals surface area contributed by atoms with Gasteiger partial charge in [0, 0.05) is 52.2 Å². The Morgan fingerprint density at radius 2 is 1.29 bits per heavy atom. The van der Waals surface area contributed by atoms with Crippen LogP contribution >= 0.6 is 0 Å². The minimum absolute atomic E-state index is 0.153. The average Bonchev–Trinajstić information content (AvgIpc) is 3.54. The van der Waals surface area contributed by atoms with E-state index in [4.69, 9.17) is 4.74 Å². The highest BCUT2D eigenvalue weighted by molar-refractivity contribution is 5.73. The van der Waals surface area contributed by atoms with Gasteiger partial charge in [0.25, 0.3) is 0 Å². The predicted molar refractivity (Wildman–Crippen MR) is 176 cm³/mol. The normalized spacial score (nSPS) is 26.3. The van der Waals surface area contributed by atoms with E-state index in [-0.39, 0.29) is 17.6 Å². The molecule has 0 aliphatic carbocycles. The standard InChI is InChI=1S/C19H35N3O.C14H27NO2.C2H4/c1-14(17-5-7-20(4)8-6-17)9-15(2)21-10-18-12-22(16(3)23)13-19(18)11-21;1-6-11(2)12-7-9-15(10-8-12)13(16)17-14(3,4)5;1-2/h14-15,17-19H,5-13H2,1-4H3;11-12H,6-10H2,1-5H3;1-2H2. The number of carbonyl (C=O) groups excluding carboxylic acids is 2. The van der Waals surface area contributed by atoms with E-state index in [1.54, 1.807) is 6.92 Å². The van der Waals surface area contributed by atoms with E-state index in [0.29, 0.717) is 6.04 Å². The van der Waals surface area contributed by atoms with E-state index < -0.39 is 0 Å². The summed E-state index contributed by atoms with van der Waals surface area (Å²) in [6.07, 6.45) is 7.41. The summed E-state index contributed by atoms with van der Waals surface area (Å²) in [4.78, 5) is 32.5. The van der Waals surface area contributed by atoms with Crippen LogP contribution in [0.3, 0.4) is 0 Å². The molecule has 4 heterocycles. The number of likely N-dealkylation sites (tertiary alicyclic amines) is 4. The molecule has 7 nitrogen and oxygen atoms in total. The number of ether oxygens (including phenoxy) is 1. The molecule has 0 aromatic heterocycles. The van der Waals surface area contributed by atoms with Crippen molar-refractivity contribution < 1.29 is 14.3 Å². The third-order valence-corrected chi connectivity index (χ3v) is 10.5. The minimum atomic E-state index is -0.384. The molecule has 0 saturated carbocycles. The van der Waals surface area contributed by atoms with Crippen LogP contribution in [0.25, 0.3) is 0 Å². The van der Waals surface area contributed by atoms with Crippen LogP contribution in [-0.2, 0) is 9.53 Å². The third-order valence-electron chi connectivity index (χ3n) is 10.5. The van der Waals surface area contributed by atoms with Gasteiger partial charge in [-0.25, -0.2) is 4.79 Å². The second kappa shape index (κ2) is 17.0. The fourth-order valence-corrected chi connectivity index (χ4v) is 7.43. The lowest BCUT2D eigenvalue weighted by Crippen LogP contribution is -2.42. The summed E-state index contributed by atoms with van der Waals surface area (Å²) >= 11 is 0. The summed E-state index contributed by atoms with van der Waals surface area (Å²) in [6.45, 7) is 31.6. The Balaban J connectivity index is 0.000000290. The Morgan fingerprint density at radius 3 is 1.74 bits per heavy atom. The first-order valence-corrected chi connectivity index (χ1v) is 16.9. The lowest BCUT2D eigenvalue weighted by molar-refractivity contribution is -0.128. The molecule has 4 fully saturated rings. The van der Waals surface area contributed by atoms with E-state index in [1.807, 2.05) is 25.7 Å². The van der Waals surface area contributed by atoms with E-state index in [2.05, 4.69) is 62.6 Å². The Kier molecular flexibility index (Phi) is 14.8. The first kappa shape index (κ1) is 36.6.